The molecule has 0 saturated carbocycles. The summed E-state index contributed by atoms with van der Waals surface area (Å²) < 4.78 is 0. The van der Waals surface area contributed by atoms with Gasteiger partial charge >= 0.3 is 0 Å². The Balaban J connectivity index is 2.37. The Morgan fingerprint density at radius 1 is 0.667 bits per heavy atom. The van der Waals surface area contributed by atoms with Crippen LogP contribution in [0.15, 0.2) is 91.0 Å². The van der Waals surface area contributed by atoms with Gasteiger partial charge in [0.1, 0.15) is 29.0 Å². The van der Waals surface area contributed by atoms with Crippen molar-refractivity contribution < 1.29 is 0 Å². The highest BCUT2D eigenvalue weighted by molar-refractivity contribution is 7.96. The standard InChI is InChI=1S/C22H25NP/c1-3-22(23-2)24(19-13-7-4-8-14-19,20-15-9-5-10-16-20)21-17-11-6-12-18-21/h4-18,22-23H,3H2,1-2H3/q+1. The zero-order chi connectivity index (χ0) is 16.8. The molecule has 3 rings (SSSR count). The fraction of sp³-hybridized carbons (Fsp3) is 0.182. The van der Waals surface area contributed by atoms with Gasteiger partial charge < -0.3 is 0 Å². The first-order chi connectivity index (χ1) is 11.8. The van der Waals surface area contributed by atoms with Crippen LogP contribution in [0.1, 0.15) is 13.3 Å². The first-order valence-corrected chi connectivity index (χ1v) is 10.4. The summed E-state index contributed by atoms with van der Waals surface area (Å²) in [7, 11) is 0.320. The third-order valence-corrected chi connectivity index (χ3v) is 9.57. The minimum atomic E-state index is -1.77. The fourth-order valence-corrected chi connectivity index (χ4v) is 8.48. The lowest BCUT2D eigenvalue weighted by atomic mass is 10.3. The highest BCUT2D eigenvalue weighted by Crippen LogP contribution is 2.59. The van der Waals surface area contributed by atoms with Crippen LogP contribution in [-0.2, 0) is 0 Å². The first-order valence-electron chi connectivity index (χ1n) is 8.57. The maximum absolute atomic E-state index is 3.64. The molecular formula is C22H25NP+. The quantitative estimate of drug-likeness (QED) is 0.674. The van der Waals surface area contributed by atoms with E-state index in [0.29, 0.717) is 5.78 Å². The molecule has 1 unspecified atom stereocenters. The lowest BCUT2D eigenvalue weighted by molar-refractivity contribution is 0.707. The second-order valence-electron chi connectivity index (χ2n) is 5.94. The van der Waals surface area contributed by atoms with Crippen LogP contribution in [0.3, 0.4) is 0 Å². The highest BCUT2D eigenvalue weighted by atomic mass is 31.2. The second kappa shape index (κ2) is 7.75. The van der Waals surface area contributed by atoms with Crippen molar-refractivity contribution in [2.24, 2.45) is 0 Å². The van der Waals surface area contributed by atoms with E-state index in [1.165, 1.54) is 15.9 Å². The molecule has 0 fully saturated rings. The van der Waals surface area contributed by atoms with Crippen molar-refractivity contribution in [2.75, 3.05) is 7.05 Å². The summed E-state index contributed by atoms with van der Waals surface area (Å²) in [6.07, 6.45) is 1.09. The van der Waals surface area contributed by atoms with Crippen LogP contribution >= 0.6 is 7.26 Å². The molecule has 0 aromatic heterocycles. The van der Waals surface area contributed by atoms with Gasteiger partial charge in [0.25, 0.3) is 0 Å². The van der Waals surface area contributed by atoms with E-state index in [1.807, 2.05) is 0 Å². The smallest absolute Gasteiger partial charge is 0.133 e. The van der Waals surface area contributed by atoms with Crippen molar-refractivity contribution in [3.05, 3.63) is 91.0 Å². The number of hydrogen-bond donors (Lipinski definition) is 1. The fourth-order valence-electron chi connectivity index (χ4n) is 3.65. The molecule has 0 aliphatic heterocycles. The molecule has 122 valence electrons. The van der Waals surface area contributed by atoms with E-state index in [9.17, 15) is 0 Å². The molecule has 0 radical (unpaired) electrons. The van der Waals surface area contributed by atoms with Gasteiger partial charge in [-0.25, -0.2) is 0 Å². The van der Waals surface area contributed by atoms with Crippen molar-refractivity contribution in [1.29, 1.82) is 0 Å². The van der Waals surface area contributed by atoms with Gasteiger partial charge in [-0.15, -0.1) is 0 Å². The zero-order valence-corrected chi connectivity index (χ0v) is 15.3. The predicted octanol–water partition coefficient (Wildman–Crippen LogP) is 3.94. The average Bonchev–Trinajstić information content (AvgIpc) is 2.68. The van der Waals surface area contributed by atoms with E-state index in [2.05, 4.69) is 110 Å². The molecule has 0 spiro atoms. The van der Waals surface area contributed by atoms with Crippen molar-refractivity contribution in [2.45, 2.75) is 19.1 Å². The lowest BCUT2D eigenvalue weighted by Gasteiger charge is -2.34. The topological polar surface area (TPSA) is 12.0 Å². The van der Waals surface area contributed by atoms with Crippen LogP contribution in [0.2, 0.25) is 0 Å². The van der Waals surface area contributed by atoms with Gasteiger partial charge in [0, 0.05) is 0 Å². The molecule has 0 saturated heterocycles. The van der Waals surface area contributed by atoms with Gasteiger partial charge in [0.05, 0.1) is 0 Å². The van der Waals surface area contributed by atoms with Gasteiger partial charge in [-0.3, -0.25) is 5.32 Å². The van der Waals surface area contributed by atoms with Gasteiger partial charge in [0.15, 0.2) is 0 Å². The molecule has 2 heteroatoms. The highest BCUT2D eigenvalue weighted by Gasteiger charge is 2.51. The van der Waals surface area contributed by atoms with E-state index in [-0.39, 0.29) is 0 Å². The SMILES string of the molecule is CCC(NC)[P+](c1ccccc1)(c1ccccc1)c1ccccc1. The summed E-state index contributed by atoms with van der Waals surface area (Å²) in [5.74, 6) is 0.407. The Kier molecular flexibility index (Phi) is 5.45. The monoisotopic (exact) mass is 334 g/mol. The Hall–Kier alpha value is -1.95. The largest absolute Gasteiger partial charge is 0.285 e. The van der Waals surface area contributed by atoms with Gasteiger partial charge in [-0.1, -0.05) is 61.5 Å². The number of benzene rings is 3. The molecule has 1 N–H and O–H groups in total. The molecular weight excluding hydrogens is 309 g/mol. The van der Waals surface area contributed by atoms with Crippen LogP contribution in [0.5, 0.6) is 0 Å². The Morgan fingerprint density at radius 3 is 1.25 bits per heavy atom. The molecule has 0 bridgehead atoms. The van der Waals surface area contributed by atoms with Crippen LogP contribution < -0.4 is 21.2 Å². The van der Waals surface area contributed by atoms with Crippen LogP contribution in [0.25, 0.3) is 0 Å². The molecule has 0 amide bonds. The van der Waals surface area contributed by atoms with E-state index >= 15 is 0 Å². The molecule has 3 aromatic carbocycles. The summed E-state index contributed by atoms with van der Waals surface area (Å²) in [4.78, 5) is 0. The molecule has 1 nitrogen and oxygen atoms in total. The molecule has 3 aromatic rings. The summed E-state index contributed by atoms with van der Waals surface area (Å²) >= 11 is 0. The predicted molar refractivity (Wildman–Crippen MR) is 108 cm³/mol. The van der Waals surface area contributed by atoms with Gasteiger partial charge in [0.2, 0.25) is 0 Å². The Morgan fingerprint density at radius 2 is 1.00 bits per heavy atom. The van der Waals surface area contributed by atoms with Crippen molar-refractivity contribution in [3.63, 3.8) is 0 Å². The minimum absolute atomic E-state index is 0.407. The summed E-state index contributed by atoms with van der Waals surface area (Å²) in [6.45, 7) is 2.28. The van der Waals surface area contributed by atoms with Crippen molar-refractivity contribution in [1.82, 2.24) is 5.32 Å². The van der Waals surface area contributed by atoms with Gasteiger partial charge in [-0.2, -0.15) is 0 Å². The van der Waals surface area contributed by atoms with Crippen LogP contribution in [0.4, 0.5) is 0 Å². The van der Waals surface area contributed by atoms with E-state index in [4.69, 9.17) is 0 Å². The molecule has 1 atom stereocenters. The van der Waals surface area contributed by atoms with Gasteiger partial charge in [-0.05, 0) is 49.9 Å². The molecule has 0 heterocycles. The summed E-state index contributed by atoms with van der Waals surface area (Å²) in [5.41, 5.74) is 0. The average molecular weight is 334 g/mol. The second-order valence-corrected chi connectivity index (χ2v) is 9.56. The maximum atomic E-state index is 3.64. The normalized spacial score (nSPS) is 12.8. The summed E-state index contributed by atoms with van der Waals surface area (Å²) in [6, 6.07) is 33.1. The van der Waals surface area contributed by atoms with Crippen molar-refractivity contribution in [3.8, 4) is 0 Å². The molecule has 0 aliphatic carbocycles. The first kappa shape index (κ1) is 16.9. The minimum Gasteiger partial charge on any atom is -0.285 e. The maximum Gasteiger partial charge on any atom is 0.133 e. The van der Waals surface area contributed by atoms with Crippen molar-refractivity contribution >= 4 is 23.2 Å². The Labute approximate surface area is 146 Å². The summed E-state index contributed by atoms with van der Waals surface area (Å²) in [5, 5.41) is 7.94. The van der Waals surface area contributed by atoms with E-state index < -0.39 is 7.26 Å². The molecule has 0 aliphatic rings. The Bertz CT molecular complexity index is 640. The number of nitrogens with one attached hydrogen (secondary N) is 1. The number of rotatable bonds is 6. The third kappa shape index (κ3) is 2.90. The lowest BCUT2D eigenvalue weighted by Crippen LogP contribution is -2.44. The number of hydrogen-bond acceptors (Lipinski definition) is 1. The zero-order valence-electron chi connectivity index (χ0n) is 14.4. The van der Waals surface area contributed by atoms with Crippen LogP contribution in [-0.4, -0.2) is 12.8 Å². The van der Waals surface area contributed by atoms with E-state index in [1.54, 1.807) is 0 Å². The van der Waals surface area contributed by atoms with E-state index in [0.717, 1.165) is 6.42 Å². The third-order valence-electron chi connectivity index (χ3n) is 4.68. The molecule has 24 heavy (non-hydrogen) atoms. The van der Waals surface area contributed by atoms with Crippen LogP contribution in [0, 0.1) is 0 Å².